The van der Waals surface area contributed by atoms with E-state index >= 15 is 0 Å². The first-order valence-electron chi connectivity index (χ1n) is 13.4. The molecule has 0 atom stereocenters. The molecule has 1 fully saturated rings. The summed E-state index contributed by atoms with van der Waals surface area (Å²) in [6, 6.07) is 20.6. The van der Waals surface area contributed by atoms with Crippen molar-refractivity contribution in [3.05, 3.63) is 93.5 Å². The Morgan fingerprint density at radius 2 is 1.44 bits per heavy atom. The molecule has 14 heteroatoms. The summed E-state index contributed by atoms with van der Waals surface area (Å²) < 4.78 is 70.5. The molecule has 0 spiro atoms. The summed E-state index contributed by atoms with van der Waals surface area (Å²) in [6.07, 6.45) is 0. The first-order valence-corrected chi connectivity index (χ1v) is 15.6. The van der Waals surface area contributed by atoms with Gasteiger partial charge in [0.1, 0.15) is 6.54 Å². The van der Waals surface area contributed by atoms with Crippen molar-refractivity contribution in [2.45, 2.75) is 24.9 Å². The van der Waals surface area contributed by atoms with Gasteiger partial charge in [0, 0.05) is 47.5 Å². The zero-order valence-electron chi connectivity index (χ0n) is 22.9. The van der Waals surface area contributed by atoms with Crippen LogP contribution in [0.3, 0.4) is 0 Å². The van der Waals surface area contributed by atoms with Gasteiger partial charge in [-0.15, -0.1) is 0 Å². The Hall–Kier alpha value is -3.32. The van der Waals surface area contributed by atoms with Crippen molar-refractivity contribution in [2.75, 3.05) is 37.7 Å². The second kappa shape index (κ2) is 12.4. The number of rotatable bonds is 8. The smallest absolute Gasteiger partial charge is 0.465 e. The Labute approximate surface area is 256 Å². The Bertz CT molecular complexity index is 1680. The fraction of sp³-hybridized carbons (Fsp3) is 0.310. The van der Waals surface area contributed by atoms with Gasteiger partial charge in [0.2, 0.25) is 0 Å². The Balaban J connectivity index is 1.58. The van der Waals surface area contributed by atoms with Crippen molar-refractivity contribution >= 4 is 55.9 Å². The van der Waals surface area contributed by atoms with E-state index in [0.29, 0.717) is 31.1 Å². The number of halogens is 5. The van der Waals surface area contributed by atoms with E-state index in [4.69, 9.17) is 27.9 Å². The van der Waals surface area contributed by atoms with Gasteiger partial charge in [0.25, 0.3) is 0 Å². The Morgan fingerprint density at radius 3 is 1.95 bits per heavy atom. The first kappa shape index (κ1) is 31.1. The van der Waals surface area contributed by atoms with E-state index in [2.05, 4.69) is 5.10 Å². The van der Waals surface area contributed by atoms with Gasteiger partial charge < -0.3 is 9.64 Å². The highest BCUT2D eigenvalue weighted by Gasteiger charge is 2.50. The van der Waals surface area contributed by atoms with Gasteiger partial charge in [-0.3, -0.25) is 9.48 Å². The van der Waals surface area contributed by atoms with Crippen LogP contribution >= 0.6 is 23.2 Å². The average molecular weight is 656 g/mol. The molecule has 5 rings (SSSR count). The molecule has 8 nitrogen and oxygen atoms in total. The number of carbonyl (C=O) groups excluding carboxylic acids is 1. The number of anilines is 1. The van der Waals surface area contributed by atoms with Crippen molar-refractivity contribution in [3.8, 4) is 0 Å². The molecule has 1 aliphatic heterocycles. The van der Waals surface area contributed by atoms with Crippen LogP contribution in [0.4, 0.5) is 19.0 Å². The second-order valence-corrected chi connectivity index (χ2v) is 12.7. The van der Waals surface area contributed by atoms with Crippen molar-refractivity contribution < 1.29 is 31.1 Å². The zero-order valence-corrected chi connectivity index (χ0v) is 25.2. The van der Waals surface area contributed by atoms with Gasteiger partial charge in [-0.2, -0.15) is 22.6 Å². The lowest BCUT2D eigenvalue weighted by molar-refractivity contribution is -0.143. The van der Waals surface area contributed by atoms with Crippen LogP contribution in [0.1, 0.15) is 29.5 Å². The third kappa shape index (κ3) is 6.47. The summed E-state index contributed by atoms with van der Waals surface area (Å²) in [5.41, 5.74) is -1.97. The number of carbonyl (C=O) groups is 1. The minimum Gasteiger partial charge on any atom is -0.465 e. The number of alkyl halides is 3. The quantitative estimate of drug-likeness (QED) is 0.170. The molecule has 1 aliphatic rings. The monoisotopic (exact) mass is 654 g/mol. The molecule has 0 aliphatic carbocycles. The van der Waals surface area contributed by atoms with E-state index < -0.39 is 21.5 Å². The van der Waals surface area contributed by atoms with Crippen LogP contribution in [0.2, 0.25) is 10.0 Å². The fourth-order valence-electron chi connectivity index (χ4n) is 5.22. The molecule has 0 saturated carbocycles. The number of hydrogen-bond donors (Lipinski definition) is 0. The predicted molar refractivity (Wildman–Crippen MR) is 159 cm³/mol. The van der Waals surface area contributed by atoms with E-state index in [0.717, 1.165) is 16.7 Å². The van der Waals surface area contributed by atoms with Gasteiger partial charge in [-0.05, 0) is 60.0 Å². The zero-order chi connectivity index (χ0) is 30.9. The highest BCUT2D eigenvalue weighted by atomic mass is 35.5. The minimum absolute atomic E-state index is 0.0249. The average Bonchev–Trinajstić information content (AvgIpc) is 3.32. The number of esters is 1. The van der Waals surface area contributed by atoms with E-state index in [1.807, 2.05) is 42.5 Å². The van der Waals surface area contributed by atoms with Crippen LogP contribution in [-0.4, -0.2) is 66.8 Å². The predicted octanol–water partition coefficient (Wildman–Crippen LogP) is 6.06. The fourth-order valence-corrected chi connectivity index (χ4v) is 6.41. The van der Waals surface area contributed by atoms with Crippen molar-refractivity contribution in [3.63, 3.8) is 0 Å². The van der Waals surface area contributed by atoms with Crippen LogP contribution in [0.25, 0.3) is 10.9 Å². The molecular formula is C29H27Cl2F3N4O4S. The lowest BCUT2D eigenvalue weighted by Crippen LogP contribution is -2.52. The van der Waals surface area contributed by atoms with Crippen LogP contribution in [0.15, 0.2) is 66.7 Å². The highest BCUT2D eigenvalue weighted by Crippen LogP contribution is 2.37. The molecule has 1 aromatic heterocycles. The summed E-state index contributed by atoms with van der Waals surface area (Å²) >= 11 is 12.3. The van der Waals surface area contributed by atoms with Crippen molar-refractivity contribution in [2.24, 2.45) is 0 Å². The number of fused-ring (bicyclic) bond motifs is 1. The van der Waals surface area contributed by atoms with E-state index in [-0.39, 0.29) is 45.2 Å². The normalized spacial score (nSPS) is 14.9. The van der Waals surface area contributed by atoms with Crippen molar-refractivity contribution in [1.82, 2.24) is 14.1 Å². The third-order valence-electron chi connectivity index (χ3n) is 7.25. The maximum absolute atomic E-state index is 13.2. The number of benzene rings is 3. The number of aromatic nitrogens is 2. The van der Waals surface area contributed by atoms with Crippen LogP contribution in [0, 0.1) is 0 Å². The van der Waals surface area contributed by atoms with Crippen LogP contribution in [-0.2, 0) is 26.1 Å². The molecule has 0 unspecified atom stereocenters. The van der Waals surface area contributed by atoms with Gasteiger partial charge in [0.05, 0.1) is 12.1 Å². The van der Waals surface area contributed by atoms with E-state index in [1.54, 1.807) is 36.1 Å². The Morgan fingerprint density at radius 1 is 0.907 bits per heavy atom. The molecule has 4 aromatic rings. The second-order valence-electron chi connectivity index (χ2n) is 9.94. The molecule has 0 N–H and O–H groups in total. The number of sulfonamides is 1. The summed E-state index contributed by atoms with van der Waals surface area (Å²) in [7, 11) is -5.45. The minimum atomic E-state index is -5.45. The van der Waals surface area contributed by atoms with Gasteiger partial charge in [-0.25, -0.2) is 8.42 Å². The number of nitrogens with zero attached hydrogens (tertiary/aromatic N) is 4. The molecule has 2 heterocycles. The standard InChI is InChI=1S/C29H27Cl2F3N4O4S/c1-2-42-26(39)18-38-25-12-7-21(27(19-3-8-22(30)9-4-19)20-5-10-23(31)11-6-20)17-24(25)28(35-38)36-13-15-37(16-14-36)43(40,41)29(32,33)34/h3-12,17,27H,2,13-16,18H2,1H3. The molecule has 3 aromatic carbocycles. The summed E-state index contributed by atoms with van der Waals surface area (Å²) in [4.78, 5) is 14.1. The molecule has 43 heavy (non-hydrogen) atoms. The lowest BCUT2D eigenvalue weighted by atomic mass is 9.85. The maximum atomic E-state index is 13.2. The molecule has 228 valence electrons. The third-order valence-corrected chi connectivity index (χ3v) is 9.38. The summed E-state index contributed by atoms with van der Waals surface area (Å²) in [5, 5.41) is 6.48. The molecule has 1 saturated heterocycles. The number of ether oxygens (including phenoxy) is 1. The first-order chi connectivity index (χ1) is 20.4. The van der Waals surface area contributed by atoms with Crippen molar-refractivity contribution in [1.29, 1.82) is 0 Å². The largest absolute Gasteiger partial charge is 0.511 e. The molecule has 0 amide bonds. The van der Waals surface area contributed by atoms with Gasteiger partial charge in [0.15, 0.2) is 5.82 Å². The van der Waals surface area contributed by atoms with Crippen LogP contribution < -0.4 is 4.90 Å². The number of piperazine rings is 1. The van der Waals surface area contributed by atoms with Crippen LogP contribution in [0.5, 0.6) is 0 Å². The molecule has 0 radical (unpaired) electrons. The maximum Gasteiger partial charge on any atom is 0.511 e. The van der Waals surface area contributed by atoms with Gasteiger partial charge >= 0.3 is 21.5 Å². The molecular weight excluding hydrogens is 628 g/mol. The Kier molecular flexibility index (Phi) is 8.94. The summed E-state index contributed by atoms with van der Waals surface area (Å²) in [5.74, 6) is -0.311. The number of hydrogen-bond acceptors (Lipinski definition) is 6. The topological polar surface area (TPSA) is 84.7 Å². The van der Waals surface area contributed by atoms with E-state index in [1.165, 1.54) is 4.68 Å². The molecule has 0 bridgehead atoms. The summed E-state index contributed by atoms with van der Waals surface area (Å²) in [6.45, 7) is 0.918. The highest BCUT2D eigenvalue weighted by molar-refractivity contribution is 7.90. The SMILES string of the molecule is CCOC(=O)Cn1nc(N2CCN(S(=O)(=O)C(F)(F)F)CC2)c2cc(C(c3ccc(Cl)cc3)c3ccc(Cl)cc3)ccc21. The van der Waals surface area contributed by atoms with Gasteiger partial charge in [-0.1, -0.05) is 53.5 Å². The van der Waals surface area contributed by atoms with E-state index in [9.17, 15) is 26.4 Å². The lowest BCUT2D eigenvalue weighted by Gasteiger charge is -2.34.